The number of carbonyl (C=O) groups excluding carboxylic acids is 1. The maximum Gasteiger partial charge on any atom is 0.282 e. The van der Waals surface area contributed by atoms with Crippen molar-refractivity contribution in [3.05, 3.63) is 92.9 Å². The van der Waals surface area contributed by atoms with Gasteiger partial charge in [0.1, 0.15) is 10.8 Å². The van der Waals surface area contributed by atoms with Gasteiger partial charge in [-0.15, -0.1) is 16.8 Å². The molecule has 0 saturated heterocycles. The molecule has 2 aromatic heterocycles. The monoisotopic (exact) mass is 467 g/mol. The van der Waals surface area contributed by atoms with Crippen molar-refractivity contribution in [2.45, 2.75) is 24.0 Å². The molecule has 0 fully saturated rings. The first kappa shape index (κ1) is 21.8. The molecule has 32 heavy (non-hydrogen) atoms. The zero-order valence-corrected chi connectivity index (χ0v) is 18.5. The van der Waals surface area contributed by atoms with Gasteiger partial charge in [0.25, 0.3) is 11.5 Å². The second-order valence-electron chi connectivity index (χ2n) is 6.71. The Labute approximate surface area is 191 Å². The van der Waals surface area contributed by atoms with E-state index < -0.39 is 0 Å². The molecule has 0 unspecified atom stereocenters. The average Bonchev–Trinajstić information content (AvgIpc) is 3.28. The van der Waals surface area contributed by atoms with Gasteiger partial charge >= 0.3 is 0 Å². The van der Waals surface area contributed by atoms with Crippen molar-refractivity contribution in [3.8, 4) is 0 Å². The summed E-state index contributed by atoms with van der Waals surface area (Å²) in [5.41, 5.74) is 1.28. The summed E-state index contributed by atoms with van der Waals surface area (Å²) < 4.78 is 14.5. The third kappa shape index (κ3) is 4.92. The van der Waals surface area contributed by atoms with Gasteiger partial charge in [0.15, 0.2) is 5.16 Å². The molecule has 10 heteroatoms. The number of rotatable bonds is 8. The first-order chi connectivity index (χ1) is 15.5. The van der Waals surface area contributed by atoms with Crippen LogP contribution in [0.1, 0.15) is 20.4 Å². The Morgan fingerprint density at radius 1 is 1.19 bits per heavy atom. The van der Waals surface area contributed by atoms with Crippen molar-refractivity contribution in [3.63, 3.8) is 0 Å². The van der Waals surface area contributed by atoms with E-state index >= 15 is 0 Å². The van der Waals surface area contributed by atoms with Crippen molar-refractivity contribution >= 4 is 39.9 Å². The van der Waals surface area contributed by atoms with E-state index in [1.165, 1.54) is 35.2 Å². The van der Waals surface area contributed by atoms with Crippen LogP contribution in [0.4, 0.5) is 4.39 Å². The molecule has 0 spiro atoms. The molecular formula is C22H18FN5O2S2. The minimum absolute atomic E-state index is 0.129. The number of benzene rings is 2. The van der Waals surface area contributed by atoms with Gasteiger partial charge < -0.3 is 5.32 Å². The number of allylic oxidation sites excluding steroid dienone is 1. The highest BCUT2D eigenvalue weighted by atomic mass is 32.2. The van der Waals surface area contributed by atoms with E-state index in [0.29, 0.717) is 33.4 Å². The van der Waals surface area contributed by atoms with E-state index in [0.717, 1.165) is 5.56 Å². The van der Waals surface area contributed by atoms with Crippen LogP contribution in [-0.2, 0) is 18.8 Å². The van der Waals surface area contributed by atoms with Crippen LogP contribution in [0.3, 0.4) is 0 Å². The summed E-state index contributed by atoms with van der Waals surface area (Å²) in [4.78, 5) is 29.8. The molecule has 2 aromatic carbocycles. The number of thioether (sulfide) groups is 1. The van der Waals surface area contributed by atoms with Gasteiger partial charge in [-0.3, -0.25) is 14.2 Å². The molecule has 0 radical (unpaired) electrons. The smallest absolute Gasteiger partial charge is 0.282 e. The summed E-state index contributed by atoms with van der Waals surface area (Å²) in [6.45, 7) is 4.32. The van der Waals surface area contributed by atoms with E-state index in [-0.39, 0.29) is 28.8 Å². The molecule has 1 N–H and O–H groups in total. The Hall–Kier alpha value is -3.37. The molecule has 4 rings (SSSR count). The summed E-state index contributed by atoms with van der Waals surface area (Å²) in [6, 6.07) is 13.1. The lowest BCUT2D eigenvalue weighted by Gasteiger charge is -2.10. The highest BCUT2D eigenvalue weighted by molar-refractivity contribution is 7.98. The quantitative estimate of drug-likeness (QED) is 0.241. The lowest BCUT2D eigenvalue weighted by atomic mass is 10.2. The van der Waals surface area contributed by atoms with Crippen LogP contribution < -0.4 is 10.9 Å². The molecule has 0 atom stereocenters. The van der Waals surface area contributed by atoms with Crippen molar-refractivity contribution in [2.24, 2.45) is 0 Å². The van der Waals surface area contributed by atoms with Gasteiger partial charge in [-0.2, -0.15) is 0 Å². The molecule has 0 bridgehead atoms. The maximum absolute atomic E-state index is 13.0. The summed E-state index contributed by atoms with van der Waals surface area (Å²) >= 11 is 2.52. The summed E-state index contributed by atoms with van der Waals surface area (Å²) in [5, 5.41) is 12.8. The summed E-state index contributed by atoms with van der Waals surface area (Å²) in [5.74, 6) is -0.272. The number of halogens is 1. The van der Waals surface area contributed by atoms with Crippen molar-refractivity contribution in [1.29, 1.82) is 0 Å². The first-order valence-corrected chi connectivity index (χ1v) is 11.4. The molecule has 2 heterocycles. The first-order valence-electron chi connectivity index (χ1n) is 9.63. The van der Waals surface area contributed by atoms with E-state index in [1.807, 2.05) is 6.07 Å². The van der Waals surface area contributed by atoms with Gasteiger partial charge in [-0.1, -0.05) is 53.4 Å². The molecule has 4 aromatic rings. The van der Waals surface area contributed by atoms with E-state index in [1.54, 1.807) is 41.0 Å². The molecule has 162 valence electrons. The SMILES string of the molecule is C=CCn1c(SCc2nnc(C(=O)NCc3ccc(F)cc3)s2)nc2ccccc2c1=O. The van der Waals surface area contributed by atoms with Crippen LogP contribution >= 0.6 is 23.1 Å². The molecule has 1 amide bonds. The predicted octanol–water partition coefficient (Wildman–Crippen LogP) is 3.80. The van der Waals surface area contributed by atoms with Crippen LogP contribution in [0, 0.1) is 5.82 Å². The fourth-order valence-electron chi connectivity index (χ4n) is 2.94. The third-order valence-corrected chi connectivity index (χ3v) is 6.58. The lowest BCUT2D eigenvalue weighted by molar-refractivity contribution is 0.0950. The number of hydrogen-bond donors (Lipinski definition) is 1. The Morgan fingerprint density at radius 3 is 2.75 bits per heavy atom. The number of aromatic nitrogens is 4. The van der Waals surface area contributed by atoms with Gasteiger partial charge in [0.05, 0.1) is 16.7 Å². The highest BCUT2D eigenvalue weighted by Crippen LogP contribution is 2.24. The number of hydrogen-bond acceptors (Lipinski definition) is 7. The zero-order valence-electron chi connectivity index (χ0n) is 16.8. The van der Waals surface area contributed by atoms with E-state index in [2.05, 4.69) is 27.1 Å². The third-order valence-electron chi connectivity index (χ3n) is 4.49. The molecular weight excluding hydrogens is 449 g/mol. The van der Waals surface area contributed by atoms with Gasteiger partial charge in [0.2, 0.25) is 5.01 Å². The fourth-order valence-corrected chi connectivity index (χ4v) is 4.69. The standard InChI is InChI=1S/C22H18FN5O2S2/c1-2-11-28-21(30)16-5-3-4-6-17(16)25-22(28)31-13-18-26-27-20(32-18)19(29)24-12-14-7-9-15(23)10-8-14/h2-10H,1,11-13H2,(H,24,29). The van der Waals surface area contributed by atoms with Gasteiger partial charge in [-0.25, -0.2) is 9.37 Å². The minimum Gasteiger partial charge on any atom is -0.346 e. The van der Waals surface area contributed by atoms with Crippen molar-refractivity contribution in [2.75, 3.05) is 0 Å². The minimum atomic E-state index is -0.351. The Morgan fingerprint density at radius 2 is 1.97 bits per heavy atom. The Kier molecular flexibility index (Phi) is 6.72. The molecule has 0 aliphatic heterocycles. The van der Waals surface area contributed by atoms with Gasteiger partial charge in [0, 0.05) is 13.1 Å². The molecule has 0 aliphatic carbocycles. The Balaban J connectivity index is 1.45. The number of nitrogens with zero attached hydrogens (tertiary/aromatic N) is 4. The van der Waals surface area contributed by atoms with Gasteiger partial charge in [-0.05, 0) is 29.8 Å². The zero-order chi connectivity index (χ0) is 22.5. The molecule has 0 aliphatic rings. The lowest BCUT2D eigenvalue weighted by Crippen LogP contribution is -2.22. The predicted molar refractivity (Wildman–Crippen MR) is 123 cm³/mol. The number of fused-ring (bicyclic) bond motifs is 1. The number of carbonyl (C=O) groups is 1. The fraction of sp³-hybridized carbons (Fsp3) is 0.136. The van der Waals surface area contributed by atoms with E-state index in [4.69, 9.17) is 0 Å². The van der Waals surface area contributed by atoms with Crippen LogP contribution in [0.2, 0.25) is 0 Å². The van der Waals surface area contributed by atoms with Crippen LogP contribution in [0.5, 0.6) is 0 Å². The largest absolute Gasteiger partial charge is 0.346 e. The normalized spacial score (nSPS) is 10.9. The topological polar surface area (TPSA) is 89.8 Å². The molecule has 0 saturated carbocycles. The van der Waals surface area contributed by atoms with Crippen LogP contribution in [0.25, 0.3) is 10.9 Å². The number of nitrogens with one attached hydrogen (secondary N) is 1. The summed E-state index contributed by atoms with van der Waals surface area (Å²) in [7, 11) is 0. The second kappa shape index (κ2) is 9.84. The Bertz CT molecular complexity index is 1330. The van der Waals surface area contributed by atoms with Crippen LogP contribution in [-0.4, -0.2) is 25.7 Å². The summed E-state index contributed by atoms with van der Waals surface area (Å²) in [6.07, 6.45) is 1.65. The second-order valence-corrected chi connectivity index (χ2v) is 8.72. The van der Waals surface area contributed by atoms with Crippen molar-refractivity contribution < 1.29 is 9.18 Å². The number of amides is 1. The highest BCUT2D eigenvalue weighted by Gasteiger charge is 2.15. The van der Waals surface area contributed by atoms with Crippen molar-refractivity contribution in [1.82, 2.24) is 25.1 Å². The van der Waals surface area contributed by atoms with Crippen LogP contribution in [0.15, 0.2) is 71.1 Å². The average molecular weight is 468 g/mol. The number of para-hydroxylation sites is 1. The molecule has 7 nitrogen and oxygen atoms in total. The van der Waals surface area contributed by atoms with E-state index in [9.17, 15) is 14.0 Å². The maximum atomic E-state index is 13.0.